The summed E-state index contributed by atoms with van der Waals surface area (Å²) in [5.41, 5.74) is 2.19. The highest BCUT2D eigenvalue weighted by Gasteiger charge is 1.95. The van der Waals surface area contributed by atoms with Crippen molar-refractivity contribution in [1.82, 2.24) is 5.43 Å². The Morgan fingerprint density at radius 2 is 2.62 bits per heavy atom. The predicted octanol–water partition coefficient (Wildman–Crippen LogP) is 2.20. The number of halogens is 1. The van der Waals surface area contributed by atoms with Gasteiger partial charge in [0, 0.05) is 14.7 Å². The molecule has 1 rings (SSSR count). The first-order valence-corrected chi connectivity index (χ1v) is 5.00. The van der Waals surface area contributed by atoms with E-state index in [9.17, 15) is 4.79 Å². The Balaban J connectivity index is 2.45. The smallest absolute Gasteiger partial charge is 0.427 e. The van der Waals surface area contributed by atoms with Crippen LogP contribution in [-0.2, 0) is 4.74 Å². The van der Waals surface area contributed by atoms with Gasteiger partial charge in [-0.2, -0.15) is 5.10 Å². The second-order valence-corrected chi connectivity index (χ2v) is 3.89. The number of carbonyl (C=O) groups is 1. The molecule has 0 aliphatic heterocycles. The lowest BCUT2D eigenvalue weighted by molar-refractivity contribution is 0.171. The van der Waals surface area contributed by atoms with Gasteiger partial charge in [0.15, 0.2) is 0 Å². The predicted molar refractivity (Wildman–Crippen MR) is 55.2 cm³/mol. The third-order valence-electron chi connectivity index (χ3n) is 1.12. The fraction of sp³-hybridized carbons (Fsp3) is 0.143. The summed E-state index contributed by atoms with van der Waals surface area (Å²) in [7, 11) is 1.28. The van der Waals surface area contributed by atoms with E-state index >= 15 is 0 Å². The van der Waals surface area contributed by atoms with Crippen LogP contribution < -0.4 is 5.43 Å². The summed E-state index contributed by atoms with van der Waals surface area (Å²) in [6.07, 6.45) is 0.971. The van der Waals surface area contributed by atoms with E-state index in [-0.39, 0.29) is 0 Å². The van der Waals surface area contributed by atoms with Crippen molar-refractivity contribution in [2.24, 2.45) is 5.10 Å². The van der Waals surface area contributed by atoms with Crippen LogP contribution in [0.4, 0.5) is 4.79 Å². The zero-order chi connectivity index (χ0) is 9.68. The second-order valence-electron chi connectivity index (χ2n) is 2.03. The quantitative estimate of drug-likeness (QED) is 0.656. The van der Waals surface area contributed by atoms with Gasteiger partial charge in [-0.05, 0) is 22.0 Å². The zero-order valence-corrected chi connectivity index (χ0v) is 9.18. The Bertz CT molecular complexity index is 324. The molecule has 0 aromatic carbocycles. The third kappa shape index (κ3) is 3.56. The standard InChI is InChI=1S/C7H7BrN2O2S/c1-12-7(11)10-9-3-6-2-5(8)4-13-6/h2-4H,1H3,(H,10,11). The summed E-state index contributed by atoms with van der Waals surface area (Å²) < 4.78 is 5.32. The molecule has 0 unspecified atom stereocenters. The molecule has 1 amide bonds. The van der Waals surface area contributed by atoms with E-state index in [1.54, 1.807) is 6.21 Å². The number of ether oxygens (including phenoxy) is 1. The third-order valence-corrected chi connectivity index (χ3v) is 2.75. The fourth-order valence-electron chi connectivity index (χ4n) is 0.590. The van der Waals surface area contributed by atoms with Crippen molar-refractivity contribution in [2.45, 2.75) is 0 Å². The number of hydrogen-bond acceptors (Lipinski definition) is 4. The minimum Gasteiger partial charge on any atom is -0.452 e. The van der Waals surface area contributed by atoms with Crippen molar-refractivity contribution in [1.29, 1.82) is 0 Å². The van der Waals surface area contributed by atoms with E-state index in [0.717, 1.165) is 9.35 Å². The van der Waals surface area contributed by atoms with Crippen LogP contribution in [0, 0.1) is 0 Å². The molecule has 1 aromatic rings. The molecule has 1 aromatic heterocycles. The number of carbonyl (C=O) groups excluding carboxylic acids is 1. The summed E-state index contributed by atoms with van der Waals surface area (Å²) in [5, 5.41) is 5.60. The Morgan fingerprint density at radius 3 is 3.15 bits per heavy atom. The van der Waals surface area contributed by atoms with Gasteiger partial charge >= 0.3 is 6.09 Å². The van der Waals surface area contributed by atoms with Crippen molar-refractivity contribution >= 4 is 39.6 Å². The Hall–Kier alpha value is -0.880. The molecule has 70 valence electrons. The first kappa shape index (κ1) is 10.2. The topological polar surface area (TPSA) is 50.7 Å². The van der Waals surface area contributed by atoms with E-state index in [1.165, 1.54) is 18.4 Å². The molecule has 0 aliphatic carbocycles. The molecular weight excluding hydrogens is 256 g/mol. The lowest BCUT2D eigenvalue weighted by Crippen LogP contribution is -2.16. The SMILES string of the molecule is COC(=O)NN=Cc1cc(Br)cs1. The first-order chi connectivity index (χ1) is 6.22. The molecular formula is C7H7BrN2O2S. The Labute approximate surface area is 87.7 Å². The van der Waals surface area contributed by atoms with Gasteiger partial charge in [-0.15, -0.1) is 11.3 Å². The largest absolute Gasteiger partial charge is 0.452 e. The van der Waals surface area contributed by atoms with E-state index in [1.807, 2.05) is 11.4 Å². The maximum atomic E-state index is 10.6. The summed E-state index contributed by atoms with van der Waals surface area (Å²) in [4.78, 5) is 11.5. The Morgan fingerprint density at radius 1 is 1.85 bits per heavy atom. The molecule has 6 heteroatoms. The van der Waals surface area contributed by atoms with Gasteiger partial charge in [0.2, 0.25) is 0 Å². The molecule has 0 bridgehead atoms. The molecule has 0 spiro atoms. The van der Waals surface area contributed by atoms with Crippen molar-refractivity contribution in [3.05, 3.63) is 20.8 Å². The molecule has 1 heterocycles. The van der Waals surface area contributed by atoms with Crippen molar-refractivity contribution in [3.8, 4) is 0 Å². The number of rotatable bonds is 2. The molecule has 0 aliphatic rings. The van der Waals surface area contributed by atoms with Crippen LogP contribution in [0.5, 0.6) is 0 Å². The number of amides is 1. The Kier molecular flexibility index (Phi) is 3.91. The average molecular weight is 263 g/mol. The van der Waals surface area contributed by atoms with Crippen LogP contribution in [0.2, 0.25) is 0 Å². The van der Waals surface area contributed by atoms with Gasteiger partial charge in [-0.25, -0.2) is 10.2 Å². The normalized spacial score (nSPS) is 10.3. The zero-order valence-electron chi connectivity index (χ0n) is 6.78. The summed E-state index contributed by atoms with van der Waals surface area (Å²) >= 11 is 4.82. The van der Waals surface area contributed by atoms with E-state index in [0.29, 0.717) is 0 Å². The summed E-state index contributed by atoms with van der Waals surface area (Å²) in [5.74, 6) is 0. The maximum Gasteiger partial charge on any atom is 0.427 e. The average Bonchev–Trinajstić information content (AvgIpc) is 2.51. The van der Waals surface area contributed by atoms with Crippen molar-refractivity contribution in [3.63, 3.8) is 0 Å². The van der Waals surface area contributed by atoms with Crippen LogP contribution in [0.15, 0.2) is 21.0 Å². The highest BCUT2D eigenvalue weighted by molar-refractivity contribution is 9.10. The second kappa shape index (κ2) is 4.98. The fourth-order valence-corrected chi connectivity index (χ4v) is 1.89. The molecule has 0 saturated heterocycles. The van der Waals surface area contributed by atoms with Crippen LogP contribution in [0.3, 0.4) is 0 Å². The molecule has 0 atom stereocenters. The number of methoxy groups -OCH3 is 1. The lowest BCUT2D eigenvalue weighted by atomic mass is 10.5. The molecule has 4 nitrogen and oxygen atoms in total. The minimum absolute atomic E-state index is 0.577. The van der Waals surface area contributed by atoms with Crippen LogP contribution in [-0.4, -0.2) is 19.4 Å². The number of hydrazone groups is 1. The number of thiophene rings is 1. The van der Waals surface area contributed by atoms with Gasteiger partial charge in [0.1, 0.15) is 0 Å². The molecule has 1 N–H and O–H groups in total. The van der Waals surface area contributed by atoms with Gasteiger partial charge in [0.25, 0.3) is 0 Å². The van der Waals surface area contributed by atoms with Gasteiger partial charge in [-0.3, -0.25) is 0 Å². The van der Waals surface area contributed by atoms with E-state index in [2.05, 4.69) is 31.2 Å². The molecule has 0 saturated carbocycles. The van der Waals surface area contributed by atoms with E-state index < -0.39 is 6.09 Å². The maximum absolute atomic E-state index is 10.6. The highest BCUT2D eigenvalue weighted by Crippen LogP contribution is 2.17. The molecule has 0 radical (unpaired) electrons. The van der Waals surface area contributed by atoms with Gasteiger partial charge < -0.3 is 4.74 Å². The first-order valence-electron chi connectivity index (χ1n) is 3.33. The monoisotopic (exact) mass is 262 g/mol. The number of nitrogens with zero attached hydrogens (tertiary/aromatic N) is 1. The number of hydrogen-bond donors (Lipinski definition) is 1. The molecule has 0 fully saturated rings. The van der Waals surface area contributed by atoms with Crippen LogP contribution in [0.1, 0.15) is 4.88 Å². The van der Waals surface area contributed by atoms with Crippen LogP contribution in [0.25, 0.3) is 0 Å². The lowest BCUT2D eigenvalue weighted by Gasteiger charge is -1.93. The van der Waals surface area contributed by atoms with Gasteiger partial charge in [0.05, 0.1) is 13.3 Å². The highest BCUT2D eigenvalue weighted by atomic mass is 79.9. The van der Waals surface area contributed by atoms with E-state index in [4.69, 9.17) is 0 Å². The van der Waals surface area contributed by atoms with Crippen molar-refractivity contribution in [2.75, 3.05) is 7.11 Å². The van der Waals surface area contributed by atoms with Gasteiger partial charge in [-0.1, -0.05) is 0 Å². The molecule has 13 heavy (non-hydrogen) atoms. The summed E-state index contributed by atoms with van der Waals surface area (Å²) in [6.45, 7) is 0. The van der Waals surface area contributed by atoms with Crippen LogP contribution >= 0.6 is 27.3 Å². The van der Waals surface area contributed by atoms with Crippen molar-refractivity contribution < 1.29 is 9.53 Å². The number of nitrogens with one attached hydrogen (secondary N) is 1. The summed E-state index contributed by atoms with van der Waals surface area (Å²) in [6, 6.07) is 1.90. The minimum atomic E-state index is -0.577.